The van der Waals surface area contributed by atoms with Crippen LogP contribution >= 0.6 is 0 Å². The number of rotatable bonds is 5. The van der Waals surface area contributed by atoms with Crippen LogP contribution in [0.3, 0.4) is 0 Å². The average molecular weight is 376 g/mol. The zero-order chi connectivity index (χ0) is 18.9. The molecule has 8 nitrogen and oxygen atoms in total. The molecule has 1 amide bonds. The molecule has 1 aliphatic rings. The first-order chi connectivity index (χ1) is 12.3. The first kappa shape index (κ1) is 18.3. The van der Waals surface area contributed by atoms with Crippen molar-refractivity contribution in [3.63, 3.8) is 0 Å². The Hall–Kier alpha value is -2.52. The number of sulfonamides is 1. The van der Waals surface area contributed by atoms with Crippen molar-refractivity contribution >= 4 is 15.9 Å². The van der Waals surface area contributed by atoms with Crippen LogP contribution < -0.4 is 16.0 Å². The summed E-state index contributed by atoms with van der Waals surface area (Å²) in [5.74, 6) is -0.340. The molecule has 1 unspecified atom stereocenters. The van der Waals surface area contributed by atoms with Gasteiger partial charge in [0.2, 0.25) is 15.9 Å². The van der Waals surface area contributed by atoms with Gasteiger partial charge in [-0.1, -0.05) is 12.1 Å². The molecule has 0 saturated heterocycles. The van der Waals surface area contributed by atoms with E-state index in [1.807, 2.05) is 0 Å². The van der Waals surface area contributed by atoms with Gasteiger partial charge in [-0.25, -0.2) is 18.2 Å². The minimum Gasteiger partial charge on any atom is -0.350 e. The second kappa shape index (κ2) is 7.00. The Morgan fingerprint density at radius 2 is 2.00 bits per heavy atom. The van der Waals surface area contributed by atoms with Crippen molar-refractivity contribution in [2.75, 3.05) is 0 Å². The topological polar surface area (TPSA) is 124 Å². The van der Waals surface area contributed by atoms with Crippen LogP contribution in [-0.2, 0) is 34.2 Å². The van der Waals surface area contributed by atoms with Crippen LogP contribution in [0.5, 0.6) is 0 Å². The van der Waals surface area contributed by atoms with Gasteiger partial charge in [-0.15, -0.1) is 0 Å². The predicted molar refractivity (Wildman–Crippen MR) is 94.9 cm³/mol. The predicted octanol–water partition coefficient (Wildman–Crippen LogP) is 0.257. The van der Waals surface area contributed by atoms with E-state index in [0.29, 0.717) is 5.56 Å². The first-order valence-electron chi connectivity index (χ1n) is 8.27. The number of aromatic nitrogens is 2. The van der Waals surface area contributed by atoms with E-state index in [-0.39, 0.29) is 22.9 Å². The third kappa shape index (κ3) is 3.83. The van der Waals surface area contributed by atoms with Crippen molar-refractivity contribution in [1.29, 1.82) is 0 Å². The Morgan fingerprint density at radius 3 is 2.65 bits per heavy atom. The summed E-state index contributed by atoms with van der Waals surface area (Å²) in [4.78, 5) is 24.6. The number of amides is 1. The maximum atomic E-state index is 12.4. The van der Waals surface area contributed by atoms with Crippen LogP contribution in [0.15, 0.2) is 40.0 Å². The number of carbonyl (C=O) groups excluding carboxylic acids is 1. The molecule has 3 rings (SSSR count). The second-order valence-electron chi connectivity index (χ2n) is 6.34. The van der Waals surface area contributed by atoms with E-state index >= 15 is 0 Å². The van der Waals surface area contributed by atoms with Crippen LogP contribution in [0.2, 0.25) is 0 Å². The van der Waals surface area contributed by atoms with E-state index in [1.54, 1.807) is 25.1 Å². The summed E-state index contributed by atoms with van der Waals surface area (Å²) < 4.78 is 23.7. The third-order valence-corrected chi connectivity index (χ3v) is 5.38. The van der Waals surface area contributed by atoms with Crippen molar-refractivity contribution in [2.45, 2.75) is 43.7 Å². The van der Waals surface area contributed by atoms with Gasteiger partial charge in [0, 0.05) is 12.6 Å². The molecule has 0 radical (unpaired) electrons. The van der Waals surface area contributed by atoms with Crippen LogP contribution in [0.1, 0.15) is 36.2 Å². The van der Waals surface area contributed by atoms with E-state index in [4.69, 9.17) is 5.14 Å². The van der Waals surface area contributed by atoms with Gasteiger partial charge in [0.05, 0.1) is 10.6 Å². The van der Waals surface area contributed by atoms with Gasteiger partial charge in [0.1, 0.15) is 6.04 Å². The number of aryl methyl sites for hydroxylation is 2. The van der Waals surface area contributed by atoms with Gasteiger partial charge in [-0.2, -0.15) is 5.10 Å². The fourth-order valence-corrected chi connectivity index (χ4v) is 3.45. The molecule has 138 valence electrons. The average Bonchev–Trinajstić information content (AvgIpc) is 3.05. The molecular formula is C17H20N4O4S. The lowest BCUT2D eigenvalue weighted by Gasteiger charge is -2.15. The summed E-state index contributed by atoms with van der Waals surface area (Å²) in [5.41, 5.74) is 2.27. The number of nitrogens with zero attached hydrogens (tertiary/aromatic N) is 2. The van der Waals surface area contributed by atoms with E-state index in [0.717, 1.165) is 30.5 Å². The lowest BCUT2D eigenvalue weighted by Crippen LogP contribution is -2.37. The van der Waals surface area contributed by atoms with Gasteiger partial charge >= 0.3 is 0 Å². The Balaban J connectivity index is 1.68. The van der Waals surface area contributed by atoms with E-state index in [2.05, 4.69) is 10.4 Å². The van der Waals surface area contributed by atoms with Crippen molar-refractivity contribution in [2.24, 2.45) is 5.14 Å². The Morgan fingerprint density at radius 1 is 1.31 bits per heavy atom. The first-order valence-corrected chi connectivity index (χ1v) is 9.81. The molecule has 0 spiro atoms. The third-order valence-electron chi connectivity index (χ3n) is 4.45. The molecule has 1 aromatic carbocycles. The lowest BCUT2D eigenvalue weighted by molar-refractivity contribution is -0.124. The number of nitrogens with one attached hydrogen (secondary N) is 1. The number of carbonyl (C=O) groups is 1. The van der Waals surface area contributed by atoms with Crippen LogP contribution in [0.4, 0.5) is 0 Å². The zero-order valence-corrected chi connectivity index (χ0v) is 15.1. The van der Waals surface area contributed by atoms with Gasteiger partial charge in [-0.05, 0) is 49.4 Å². The van der Waals surface area contributed by atoms with Crippen molar-refractivity contribution in [3.8, 4) is 0 Å². The Labute approximate surface area is 151 Å². The number of fused-ring (bicyclic) bond motifs is 1. The van der Waals surface area contributed by atoms with Gasteiger partial charge in [0.15, 0.2) is 0 Å². The molecule has 26 heavy (non-hydrogen) atoms. The smallest absolute Gasteiger partial charge is 0.267 e. The van der Waals surface area contributed by atoms with Crippen molar-refractivity contribution in [1.82, 2.24) is 15.1 Å². The molecule has 1 heterocycles. The molecule has 1 aliphatic carbocycles. The van der Waals surface area contributed by atoms with Crippen LogP contribution in [-0.4, -0.2) is 24.1 Å². The molecule has 0 saturated carbocycles. The normalized spacial score (nSPS) is 14.7. The van der Waals surface area contributed by atoms with Gasteiger partial charge in [-0.3, -0.25) is 9.59 Å². The molecule has 9 heteroatoms. The summed E-state index contributed by atoms with van der Waals surface area (Å²) in [6.07, 6.45) is 2.65. The standard InChI is InChI=1S/C17H20N4O4S/c1-11(21-16(22)9-13-3-2-4-15(13)20-21)17(23)19-10-12-5-7-14(8-6-12)26(18,24)25/h5-9,11H,2-4,10H2,1H3,(H,19,23)(H2,18,24,25). The summed E-state index contributed by atoms with van der Waals surface area (Å²) in [5, 5.41) is 12.1. The highest BCUT2D eigenvalue weighted by Gasteiger charge is 2.21. The quantitative estimate of drug-likeness (QED) is 0.774. The van der Waals surface area contributed by atoms with Crippen LogP contribution in [0, 0.1) is 0 Å². The maximum absolute atomic E-state index is 12.4. The number of hydrogen-bond acceptors (Lipinski definition) is 5. The summed E-state index contributed by atoms with van der Waals surface area (Å²) >= 11 is 0. The minimum atomic E-state index is -3.74. The zero-order valence-electron chi connectivity index (χ0n) is 14.3. The summed E-state index contributed by atoms with van der Waals surface area (Å²) in [7, 11) is -3.74. The molecule has 3 N–H and O–H groups in total. The van der Waals surface area contributed by atoms with E-state index in [1.165, 1.54) is 16.8 Å². The minimum absolute atomic E-state index is 0.00911. The molecule has 1 atom stereocenters. The molecule has 0 aliphatic heterocycles. The highest BCUT2D eigenvalue weighted by atomic mass is 32.2. The highest BCUT2D eigenvalue weighted by molar-refractivity contribution is 7.89. The summed E-state index contributed by atoms with van der Waals surface area (Å²) in [6.45, 7) is 1.82. The monoisotopic (exact) mass is 376 g/mol. The highest BCUT2D eigenvalue weighted by Crippen LogP contribution is 2.18. The second-order valence-corrected chi connectivity index (χ2v) is 7.90. The van der Waals surface area contributed by atoms with E-state index in [9.17, 15) is 18.0 Å². The number of benzene rings is 1. The van der Waals surface area contributed by atoms with E-state index < -0.39 is 16.1 Å². The Bertz CT molecular complexity index is 996. The number of primary sulfonamides is 1. The fourth-order valence-electron chi connectivity index (χ4n) is 2.94. The molecular weight excluding hydrogens is 356 g/mol. The summed E-state index contributed by atoms with van der Waals surface area (Å²) in [6, 6.07) is 6.73. The van der Waals surface area contributed by atoms with Gasteiger partial charge < -0.3 is 5.32 Å². The number of hydrogen-bond donors (Lipinski definition) is 2. The molecule has 0 bridgehead atoms. The molecule has 0 fully saturated rings. The van der Waals surface area contributed by atoms with Gasteiger partial charge in [0.25, 0.3) is 5.56 Å². The largest absolute Gasteiger partial charge is 0.350 e. The molecule has 2 aromatic rings. The van der Waals surface area contributed by atoms with Crippen LogP contribution in [0.25, 0.3) is 0 Å². The fraction of sp³-hybridized carbons (Fsp3) is 0.353. The van der Waals surface area contributed by atoms with Crippen molar-refractivity contribution < 1.29 is 13.2 Å². The maximum Gasteiger partial charge on any atom is 0.267 e. The Kier molecular flexibility index (Phi) is 4.92. The van der Waals surface area contributed by atoms with Crippen molar-refractivity contribution in [3.05, 3.63) is 57.5 Å². The molecule has 1 aromatic heterocycles. The lowest BCUT2D eigenvalue weighted by atomic mass is 10.2. The SMILES string of the molecule is CC(C(=O)NCc1ccc(S(N)(=O)=O)cc1)n1nc2c(cc1=O)CCC2. The number of nitrogens with two attached hydrogens (primary N) is 1.